The Morgan fingerprint density at radius 3 is 2.44 bits per heavy atom. The van der Waals surface area contributed by atoms with Crippen molar-refractivity contribution in [2.24, 2.45) is 0 Å². The van der Waals surface area contributed by atoms with Crippen LogP contribution in [-0.4, -0.2) is 26.1 Å². The molecule has 4 aromatic rings. The number of nitrogens with zero attached hydrogens (tertiary/aromatic N) is 3. The topological polar surface area (TPSA) is 107 Å². The van der Waals surface area contributed by atoms with Gasteiger partial charge in [0.2, 0.25) is 5.91 Å². The Hall–Kier alpha value is -3.98. The van der Waals surface area contributed by atoms with Gasteiger partial charge in [0.25, 0.3) is 11.2 Å². The molecule has 172 valence electrons. The van der Waals surface area contributed by atoms with Gasteiger partial charge >= 0.3 is 0 Å². The molecule has 0 atom stereocenters. The number of thioether (sulfide) groups is 1. The van der Waals surface area contributed by atoms with Gasteiger partial charge in [-0.25, -0.2) is 4.98 Å². The maximum atomic E-state index is 13.4. The number of anilines is 1. The molecular formula is C25H22N4O4S. The monoisotopic (exact) mass is 474 g/mol. The maximum absolute atomic E-state index is 13.4. The average Bonchev–Trinajstić information content (AvgIpc) is 2.78. The van der Waals surface area contributed by atoms with Crippen molar-refractivity contribution < 1.29 is 9.72 Å². The molecule has 0 bridgehead atoms. The van der Waals surface area contributed by atoms with Crippen molar-refractivity contribution in [3.8, 4) is 5.69 Å². The summed E-state index contributed by atoms with van der Waals surface area (Å²) in [4.78, 5) is 41.2. The number of nitro groups is 1. The summed E-state index contributed by atoms with van der Waals surface area (Å²) in [7, 11) is 0. The van der Waals surface area contributed by atoms with Crippen LogP contribution in [0.5, 0.6) is 0 Å². The van der Waals surface area contributed by atoms with E-state index in [9.17, 15) is 19.7 Å². The van der Waals surface area contributed by atoms with Crippen molar-refractivity contribution >= 4 is 39.9 Å². The number of para-hydroxylation sites is 1. The summed E-state index contributed by atoms with van der Waals surface area (Å²) in [5.41, 5.74) is 4.11. The van der Waals surface area contributed by atoms with Crippen LogP contribution in [0.3, 0.4) is 0 Å². The van der Waals surface area contributed by atoms with Gasteiger partial charge in [-0.3, -0.25) is 24.3 Å². The molecule has 34 heavy (non-hydrogen) atoms. The van der Waals surface area contributed by atoms with E-state index in [-0.39, 0.29) is 22.9 Å². The van der Waals surface area contributed by atoms with Gasteiger partial charge in [-0.1, -0.05) is 30.0 Å². The molecule has 0 saturated heterocycles. The summed E-state index contributed by atoms with van der Waals surface area (Å²) in [6.07, 6.45) is 0. The summed E-state index contributed by atoms with van der Waals surface area (Å²) < 4.78 is 1.54. The smallest absolute Gasteiger partial charge is 0.269 e. The predicted octanol–water partition coefficient (Wildman–Crippen LogP) is 4.95. The van der Waals surface area contributed by atoms with Crippen LogP contribution in [0.1, 0.15) is 16.7 Å². The van der Waals surface area contributed by atoms with E-state index < -0.39 is 4.92 Å². The van der Waals surface area contributed by atoms with Crippen molar-refractivity contribution in [2.75, 3.05) is 11.1 Å². The molecule has 0 fully saturated rings. The van der Waals surface area contributed by atoms with E-state index in [0.29, 0.717) is 33.0 Å². The average molecular weight is 475 g/mol. The number of fused-ring (bicyclic) bond motifs is 1. The molecule has 1 aromatic heterocycles. The van der Waals surface area contributed by atoms with Crippen LogP contribution in [0.2, 0.25) is 0 Å². The van der Waals surface area contributed by atoms with Crippen LogP contribution >= 0.6 is 11.8 Å². The fourth-order valence-electron chi connectivity index (χ4n) is 3.73. The van der Waals surface area contributed by atoms with Crippen LogP contribution in [0, 0.1) is 30.9 Å². The minimum absolute atomic E-state index is 0.00596. The van der Waals surface area contributed by atoms with Gasteiger partial charge in [-0.15, -0.1) is 0 Å². The normalized spacial score (nSPS) is 10.9. The fraction of sp³-hybridized carbons (Fsp3) is 0.160. The molecular weight excluding hydrogens is 452 g/mol. The zero-order valence-corrected chi connectivity index (χ0v) is 19.7. The minimum atomic E-state index is -0.480. The summed E-state index contributed by atoms with van der Waals surface area (Å²) in [6.45, 7) is 5.62. The number of nitrogens with one attached hydrogen (secondary N) is 1. The minimum Gasteiger partial charge on any atom is -0.325 e. The molecule has 9 heteroatoms. The Balaban J connectivity index is 1.66. The first-order chi connectivity index (χ1) is 16.2. The van der Waals surface area contributed by atoms with Gasteiger partial charge in [-0.2, -0.15) is 0 Å². The summed E-state index contributed by atoms with van der Waals surface area (Å²) in [5, 5.41) is 14.6. The number of carbonyl (C=O) groups excluding carboxylic acids is 1. The molecule has 8 nitrogen and oxygen atoms in total. The number of hydrogen-bond donors (Lipinski definition) is 1. The third-order valence-corrected chi connectivity index (χ3v) is 6.18. The van der Waals surface area contributed by atoms with Gasteiger partial charge in [0, 0.05) is 17.8 Å². The first-order valence-electron chi connectivity index (χ1n) is 10.5. The van der Waals surface area contributed by atoms with Crippen LogP contribution in [0.15, 0.2) is 70.6 Å². The summed E-state index contributed by atoms with van der Waals surface area (Å²) in [6, 6.07) is 17.2. The van der Waals surface area contributed by atoms with Crippen LogP contribution in [-0.2, 0) is 4.79 Å². The van der Waals surface area contributed by atoms with Gasteiger partial charge in [-0.05, 0) is 67.8 Å². The molecule has 0 saturated carbocycles. The Morgan fingerprint density at radius 1 is 1.06 bits per heavy atom. The molecule has 1 N–H and O–H groups in total. The van der Waals surface area contributed by atoms with Crippen LogP contribution < -0.4 is 10.9 Å². The van der Waals surface area contributed by atoms with E-state index >= 15 is 0 Å². The number of aromatic nitrogens is 2. The molecule has 0 aliphatic carbocycles. The van der Waals surface area contributed by atoms with Crippen molar-refractivity contribution in [1.29, 1.82) is 0 Å². The highest BCUT2D eigenvalue weighted by molar-refractivity contribution is 7.99. The number of aryl methyl sites for hydroxylation is 3. The number of carbonyl (C=O) groups is 1. The Morgan fingerprint density at radius 2 is 1.76 bits per heavy atom. The number of hydrogen-bond acceptors (Lipinski definition) is 6. The van der Waals surface area contributed by atoms with Gasteiger partial charge in [0.1, 0.15) is 0 Å². The second kappa shape index (κ2) is 9.48. The first kappa shape index (κ1) is 23.2. The Labute approximate surface area is 199 Å². The number of benzene rings is 3. The van der Waals surface area contributed by atoms with Gasteiger partial charge in [0.05, 0.1) is 27.3 Å². The first-order valence-corrected chi connectivity index (χ1v) is 11.5. The lowest BCUT2D eigenvalue weighted by atomic mass is 10.1. The zero-order valence-electron chi connectivity index (χ0n) is 18.9. The predicted molar refractivity (Wildman–Crippen MR) is 134 cm³/mol. The lowest BCUT2D eigenvalue weighted by Crippen LogP contribution is -2.23. The van der Waals surface area contributed by atoms with E-state index in [2.05, 4.69) is 10.3 Å². The van der Waals surface area contributed by atoms with E-state index in [0.717, 1.165) is 22.9 Å². The standard InChI is InChI=1S/C25H22N4O4S/c1-15-10-16(2)12-19(11-15)28-24(31)20-6-4-5-7-22(20)27-25(28)34-14-23(30)26-21-9-8-18(29(32)33)13-17(21)3/h4-13H,14H2,1-3H3,(H,26,30). The Bertz CT molecular complexity index is 1480. The molecule has 1 amide bonds. The van der Waals surface area contributed by atoms with Crippen molar-refractivity contribution in [1.82, 2.24) is 9.55 Å². The quantitative estimate of drug-likeness (QED) is 0.183. The number of rotatable bonds is 6. The lowest BCUT2D eigenvalue weighted by molar-refractivity contribution is -0.384. The molecule has 0 aliphatic rings. The summed E-state index contributed by atoms with van der Waals surface area (Å²) >= 11 is 1.16. The second-order valence-corrected chi connectivity index (χ2v) is 8.93. The number of amides is 1. The van der Waals surface area contributed by atoms with Crippen LogP contribution in [0.4, 0.5) is 11.4 Å². The van der Waals surface area contributed by atoms with E-state index in [1.807, 2.05) is 38.1 Å². The Kier molecular flexibility index (Phi) is 6.47. The molecule has 0 radical (unpaired) electrons. The highest BCUT2D eigenvalue weighted by Crippen LogP contribution is 2.24. The number of non-ortho nitro benzene ring substituents is 1. The van der Waals surface area contributed by atoms with Gasteiger partial charge < -0.3 is 5.32 Å². The summed E-state index contributed by atoms with van der Waals surface area (Å²) in [5.74, 6) is -0.303. The highest BCUT2D eigenvalue weighted by Gasteiger charge is 2.16. The second-order valence-electron chi connectivity index (χ2n) is 7.99. The van der Waals surface area contributed by atoms with E-state index in [1.165, 1.54) is 22.8 Å². The molecule has 0 aliphatic heterocycles. The molecule has 0 unspecified atom stereocenters. The SMILES string of the molecule is Cc1cc(C)cc(-n2c(SCC(=O)Nc3ccc([N+](=O)[O-])cc3C)nc3ccccc3c2=O)c1. The number of nitro benzene ring substituents is 1. The molecule has 0 spiro atoms. The maximum Gasteiger partial charge on any atom is 0.269 e. The van der Waals surface area contributed by atoms with E-state index in [1.54, 1.807) is 25.1 Å². The molecule has 1 heterocycles. The van der Waals surface area contributed by atoms with Crippen molar-refractivity contribution in [3.63, 3.8) is 0 Å². The largest absolute Gasteiger partial charge is 0.325 e. The lowest BCUT2D eigenvalue weighted by Gasteiger charge is -2.15. The van der Waals surface area contributed by atoms with E-state index in [4.69, 9.17) is 0 Å². The van der Waals surface area contributed by atoms with Gasteiger partial charge in [0.15, 0.2) is 5.16 Å². The third-order valence-electron chi connectivity index (χ3n) is 5.24. The zero-order chi connectivity index (χ0) is 24.4. The molecule has 3 aromatic carbocycles. The van der Waals surface area contributed by atoms with Crippen LogP contribution in [0.25, 0.3) is 16.6 Å². The highest BCUT2D eigenvalue weighted by atomic mass is 32.2. The third kappa shape index (κ3) is 4.84. The fourth-order valence-corrected chi connectivity index (χ4v) is 4.55. The van der Waals surface area contributed by atoms with Crippen molar-refractivity contribution in [3.05, 3.63) is 97.8 Å². The molecule has 4 rings (SSSR count). The van der Waals surface area contributed by atoms with Crippen molar-refractivity contribution in [2.45, 2.75) is 25.9 Å².